The maximum absolute atomic E-state index is 12.2. The average Bonchev–Trinajstić information content (AvgIpc) is 3.29. The lowest BCUT2D eigenvalue weighted by Gasteiger charge is -2.06. The lowest BCUT2D eigenvalue weighted by molar-refractivity contribution is -0.113. The summed E-state index contributed by atoms with van der Waals surface area (Å²) in [5, 5.41) is 9.80. The first-order valence-electron chi connectivity index (χ1n) is 7.66. The molecule has 5 nitrogen and oxygen atoms in total. The maximum atomic E-state index is 12.2. The second-order valence-corrected chi connectivity index (χ2v) is 7.59. The molecule has 1 amide bonds. The quantitative estimate of drug-likeness (QED) is 0.513. The fraction of sp³-hybridized carbons (Fsp3) is 0.0556. The van der Waals surface area contributed by atoms with E-state index in [4.69, 9.17) is 0 Å². The highest BCUT2D eigenvalue weighted by Gasteiger charge is 2.08. The Morgan fingerprint density at radius 2 is 2.08 bits per heavy atom. The topological polar surface area (TPSA) is 70.7 Å². The molecule has 2 aromatic heterocycles. The number of rotatable bonds is 5. The van der Waals surface area contributed by atoms with Crippen LogP contribution in [0.15, 0.2) is 65.1 Å². The van der Waals surface area contributed by atoms with Crippen molar-refractivity contribution in [1.82, 2.24) is 15.2 Å². The molecule has 2 N–H and O–H groups in total. The number of hydrogen-bond donors (Lipinski definition) is 2. The molecule has 0 fully saturated rings. The van der Waals surface area contributed by atoms with Crippen LogP contribution in [0, 0.1) is 0 Å². The first-order chi connectivity index (χ1) is 12.3. The van der Waals surface area contributed by atoms with Gasteiger partial charge in [0.15, 0.2) is 4.34 Å². The Bertz CT molecular complexity index is 978. The maximum Gasteiger partial charge on any atom is 0.234 e. The number of carbonyl (C=O) groups excluding carboxylic acids is 1. The van der Waals surface area contributed by atoms with Crippen molar-refractivity contribution in [1.29, 1.82) is 0 Å². The number of nitrogens with one attached hydrogen (secondary N) is 2. The van der Waals surface area contributed by atoms with E-state index in [9.17, 15) is 4.79 Å². The summed E-state index contributed by atoms with van der Waals surface area (Å²) in [6.07, 6.45) is 1.70. The summed E-state index contributed by atoms with van der Waals surface area (Å²) in [6.45, 7) is 0. The molecule has 4 rings (SSSR count). The molecule has 2 heterocycles. The van der Waals surface area contributed by atoms with E-state index in [2.05, 4.69) is 20.5 Å². The van der Waals surface area contributed by atoms with Crippen LogP contribution in [0.3, 0.4) is 0 Å². The van der Waals surface area contributed by atoms with E-state index >= 15 is 0 Å². The van der Waals surface area contributed by atoms with E-state index in [1.54, 1.807) is 17.5 Å². The first kappa shape index (κ1) is 15.9. The third kappa shape index (κ3) is 3.72. The third-order valence-electron chi connectivity index (χ3n) is 3.56. The molecule has 25 heavy (non-hydrogen) atoms. The van der Waals surface area contributed by atoms with E-state index in [-0.39, 0.29) is 5.91 Å². The SMILES string of the molecule is O=C(CSc1nc2ccccc2s1)Nc1cccc(-c2ccn[nH]2)c1. The van der Waals surface area contributed by atoms with E-state index in [0.717, 1.165) is 31.5 Å². The van der Waals surface area contributed by atoms with Gasteiger partial charge in [0.1, 0.15) is 0 Å². The molecule has 0 radical (unpaired) electrons. The molecule has 2 aromatic carbocycles. The molecule has 0 aliphatic carbocycles. The van der Waals surface area contributed by atoms with E-state index in [1.165, 1.54) is 11.8 Å². The average molecular weight is 366 g/mol. The molecular weight excluding hydrogens is 352 g/mol. The molecule has 0 spiro atoms. The fourth-order valence-corrected chi connectivity index (χ4v) is 4.29. The van der Waals surface area contributed by atoms with Crippen LogP contribution in [0.1, 0.15) is 0 Å². The number of para-hydroxylation sites is 1. The molecule has 0 bridgehead atoms. The standard InChI is InChI=1S/C18H14N4OS2/c23-17(11-24-18-21-15-6-1-2-7-16(15)25-18)20-13-5-3-4-12(10-13)14-8-9-19-22-14/h1-10H,11H2,(H,19,22)(H,20,23). The van der Waals surface area contributed by atoms with Crippen LogP contribution in [0.4, 0.5) is 5.69 Å². The second kappa shape index (κ2) is 7.08. The number of hydrogen-bond acceptors (Lipinski definition) is 5. The van der Waals surface area contributed by atoms with Crippen molar-refractivity contribution in [3.05, 3.63) is 60.8 Å². The van der Waals surface area contributed by atoms with E-state index in [1.807, 2.05) is 54.6 Å². The molecule has 0 saturated heterocycles. The Kier molecular flexibility index (Phi) is 4.49. The van der Waals surface area contributed by atoms with Gasteiger partial charge in [0.05, 0.1) is 21.7 Å². The molecular formula is C18H14N4OS2. The van der Waals surface area contributed by atoms with Crippen LogP contribution in [-0.2, 0) is 4.79 Å². The van der Waals surface area contributed by atoms with Crippen LogP contribution in [0.2, 0.25) is 0 Å². The number of amides is 1. The molecule has 0 unspecified atom stereocenters. The number of benzene rings is 2. The fourth-order valence-electron chi connectivity index (χ4n) is 2.42. The van der Waals surface area contributed by atoms with E-state index in [0.29, 0.717) is 5.75 Å². The molecule has 0 aliphatic heterocycles. The van der Waals surface area contributed by atoms with Crippen molar-refractivity contribution < 1.29 is 4.79 Å². The van der Waals surface area contributed by atoms with Crippen LogP contribution in [0.25, 0.3) is 21.5 Å². The Morgan fingerprint density at radius 1 is 1.16 bits per heavy atom. The van der Waals surface area contributed by atoms with Gasteiger partial charge < -0.3 is 5.32 Å². The lowest BCUT2D eigenvalue weighted by atomic mass is 10.1. The summed E-state index contributed by atoms with van der Waals surface area (Å²) < 4.78 is 2.04. The predicted molar refractivity (Wildman–Crippen MR) is 103 cm³/mol. The zero-order valence-corrected chi connectivity index (χ0v) is 14.7. The minimum absolute atomic E-state index is 0.0500. The van der Waals surface area contributed by atoms with Gasteiger partial charge in [0.25, 0.3) is 0 Å². The number of nitrogens with zero attached hydrogens (tertiary/aromatic N) is 2. The van der Waals surface area contributed by atoms with Crippen LogP contribution in [0.5, 0.6) is 0 Å². The Labute approximate surface area is 152 Å². The summed E-state index contributed by atoms with van der Waals surface area (Å²) in [5.74, 6) is 0.278. The molecule has 0 aliphatic rings. The van der Waals surface area contributed by atoms with Gasteiger partial charge in [-0.15, -0.1) is 11.3 Å². The number of thiazole rings is 1. The zero-order chi connectivity index (χ0) is 17.1. The molecule has 0 atom stereocenters. The van der Waals surface area contributed by atoms with Crippen molar-refractivity contribution in [2.45, 2.75) is 4.34 Å². The van der Waals surface area contributed by atoms with Gasteiger partial charge in [-0.25, -0.2) is 4.98 Å². The number of aromatic nitrogens is 3. The number of thioether (sulfide) groups is 1. The van der Waals surface area contributed by atoms with Gasteiger partial charge >= 0.3 is 0 Å². The van der Waals surface area contributed by atoms with Crippen LogP contribution >= 0.6 is 23.1 Å². The van der Waals surface area contributed by atoms with Crippen molar-refractivity contribution >= 4 is 44.9 Å². The molecule has 4 aromatic rings. The van der Waals surface area contributed by atoms with E-state index < -0.39 is 0 Å². The smallest absolute Gasteiger partial charge is 0.234 e. The monoisotopic (exact) mass is 366 g/mol. The van der Waals surface area contributed by atoms with Crippen molar-refractivity contribution in [2.75, 3.05) is 11.1 Å². The summed E-state index contributed by atoms with van der Waals surface area (Å²) in [7, 11) is 0. The highest BCUT2D eigenvalue weighted by molar-refractivity contribution is 8.01. The Hall–Kier alpha value is -2.64. The van der Waals surface area contributed by atoms with Gasteiger partial charge in [-0.1, -0.05) is 36.0 Å². The molecule has 124 valence electrons. The second-order valence-electron chi connectivity index (χ2n) is 5.34. The predicted octanol–water partition coefficient (Wildman–Crippen LogP) is 4.42. The molecule has 7 heteroatoms. The normalized spacial score (nSPS) is 10.9. The zero-order valence-electron chi connectivity index (χ0n) is 13.1. The van der Waals surface area contributed by atoms with Crippen LogP contribution in [-0.4, -0.2) is 26.8 Å². The van der Waals surface area contributed by atoms with Crippen molar-refractivity contribution in [3.63, 3.8) is 0 Å². The Morgan fingerprint density at radius 3 is 2.92 bits per heavy atom. The summed E-state index contributed by atoms with van der Waals surface area (Å²) in [5.41, 5.74) is 3.64. The number of aromatic amines is 1. The highest BCUT2D eigenvalue weighted by atomic mass is 32.2. The van der Waals surface area contributed by atoms with Gasteiger partial charge in [0, 0.05) is 17.4 Å². The Balaban J connectivity index is 1.39. The van der Waals surface area contributed by atoms with Crippen molar-refractivity contribution in [2.24, 2.45) is 0 Å². The minimum Gasteiger partial charge on any atom is -0.325 e. The largest absolute Gasteiger partial charge is 0.325 e. The van der Waals surface area contributed by atoms with Crippen LogP contribution < -0.4 is 5.32 Å². The van der Waals surface area contributed by atoms with Gasteiger partial charge in [-0.3, -0.25) is 9.89 Å². The van der Waals surface area contributed by atoms with Gasteiger partial charge in [-0.05, 0) is 30.3 Å². The number of H-pyrrole nitrogens is 1. The lowest BCUT2D eigenvalue weighted by Crippen LogP contribution is -2.13. The molecule has 0 saturated carbocycles. The highest BCUT2D eigenvalue weighted by Crippen LogP contribution is 2.29. The summed E-state index contributed by atoms with van der Waals surface area (Å²) >= 11 is 3.06. The summed E-state index contributed by atoms with van der Waals surface area (Å²) in [4.78, 5) is 16.8. The first-order valence-corrected chi connectivity index (χ1v) is 9.46. The third-order valence-corrected chi connectivity index (χ3v) is 5.74. The minimum atomic E-state index is -0.0500. The van der Waals surface area contributed by atoms with Gasteiger partial charge in [0.2, 0.25) is 5.91 Å². The number of fused-ring (bicyclic) bond motifs is 1. The van der Waals surface area contributed by atoms with Crippen molar-refractivity contribution in [3.8, 4) is 11.3 Å². The summed E-state index contributed by atoms with van der Waals surface area (Å²) in [6, 6.07) is 17.6. The number of anilines is 1. The number of carbonyl (C=O) groups is 1. The van der Waals surface area contributed by atoms with Gasteiger partial charge in [-0.2, -0.15) is 5.10 Å².